The van der Waals surface area contributed by atoms with E-state index in [0.717, 1.165) is 29.8 Å². The molecule has 0 aliphatic carbocycles. The SMILES string of the molecule is CCCCc1nnc(NC(=O)/C=C/c2ccc(OCC)c(OCC)c2)s1. The molecule has 6 nitrogen and oxygen atoms in total. The van der Waals surface area contributed by atoms with Gasteiger partial charge in [0.2, 0.25) is 11.0 Å². The Morgan fingerprint density at radius 2 is 1.92 bits per heavy atom. The molecule has 0 fully saturated rings. The second-order valence-corrected chi connectivity index (χ2v) is 6.56. The van der Waals surface area contributed by atoms with Crippen molar-refractivity contribution in [2.75, 3.05) is 18.5 Å². The standard InChI is InChI=1S/C19H25N3O3S/c1-4-7-8-18-21-22-19(26-18)20-17(23)12-10-14-9-11-15(24-5-2)16(13-14)25-6-3/h9-13H,4-8H2,1-3H3,(H,20,22,23)/b12-10+. The third-order valence-electron chi connectivity index (χ3n) is 3.44. The molecular weight excluding hydrogens is 350 g/mol. The third-order valence-corrected chi connectivity index (χ3v) is 4.33. The number of nitrogens with zero attached hydrogens (tertiary/aromatic N) is 2. The van der Waals surface area contributed by atoms with Gasteiger partial charge in [0.25, 0.3) is 0 Å². The number of ether oxygens (including phenoxy) is 2. The van der Waals surface area contributed by atoms with Crippen molar-refractivity contribution >= 4 is 28.5 Å². The first-order chi connectivity index (χ1) is 12.7. The molecule has 1 aromatic heterocycles. The van der Waals surface area contributed by atoms with E-state index in [2.05, 4.69) is 22.4 Å². The maximum absolute atomic E-state index is 12.1. The first-order valence-electron chi connectivity index (χ1n) is 8.87. The number of anilines is 1. The van der Waals surface area contributed by atoms with E-state index >= 15 is 0 Å². The van der Waals surface area contributed by atoms with Crippen LogP contribution >= 0.6 is 11.3 Å². The van der Waals surface area contributed by atoms with E-state index in [-0.39, 0.29) is 5.91 Å². The predicted octanol–water partition coefficient (Wildman–Crippen LogP) is 4.33. The number of rotatable bonds is 10. The molecule has 2 aromatic rings. The van der Waals surface area contributed by atoms with Crippen molar-refractivity contribution in [2.24, 2.45) is 0 Å². The van der Waals surface area contributed by atoms with Crippen LogP contribution in [0.25, 0.3) is 6.08 Å². The number of aromatic nitrogens is 2. The molecular formula is C19H25N3O3S. The molecule has 1 amide bonds. The van der Waals surface area contributed by atoms with Crippen LogP contribution in [-0.2, 0) is 11.2 Å². The average Bonchev–Trinajstić information content (AvgIpc) is 3.07. The van der Waals surface area contributed by atoms with Gasteiger partial charge in [-0.15, -0.1) is 10.2 Å². The Morgan fingerprint density at radius 1 is 1.15 bits per heavy atom. The molecule has 2 rings (SSSR count). The lowest BCUT2D eigenvalue weighted by Crippen LogP contribution is -2.07. The molecule has 7 heteroatoms. The molecule has 0 spiro atoms. The van der Waals surface area contributed by atoms with Crippen molar-refractivity contribution < 1.29 is 14.3 Å². The fraction of sp³-hybridized carbons (Fsp3) is 0.421. The molecule has 0 aliphatic rings. The van der Waals surface area contributed by atoms with E-state index in [1.165, 1.54) is 17.4 Å². The van der Waals surface area contributed by atoms with Crippen molar-refractivity contribution in [2.45, 2.75) is 40.0 Å². The van der Waals surface area contributed by atoms with Crippen molar-refractivity contribution in [3.8, 4) is 11.5 Å². The van der Waals surface area contributed by atoms with E-state index in [4.69, 9.17) is 9.47 Å². The number of hydrogen-bond donors (Lipinski definition) is 1. The van der Waals surface area contributed by atoms with Crippen LogP contribution in [-0.4, -0.2) is 29.3 Å². The highest BCUT2D eigenvalue weighted by Gasteiger charge is 2.07. The van der Waals surface area contributed by atoms with Gasteiger partial charge in [0.05, 0.1) is 13.2 Å². The molecule has 0 saturated carbocycles. The normalized spacial score (nSPS) is 10.9. The number of carbonyl (C=O) groups is 1. The van der Waals surface area contributed by atoms with Gasteiger partial charge in [-0.25, -0.2) is 0 Å². The second kappa shape index (κ2) is 10.6. The van der Waals surface area contributed by atoms with E-state index in [0.29, 0.717) is 29.8 Å². The summed E-state index contributed by atoms with van der Waals surface area (Å²) in [5.74, 6) is 1.13. The Balaban J connectivity index is 1.98. The predicted molar refractivity (Wildman–Crippen MR) is 105 cm³/mol. The summed E-state index contributed by atoms with van der Waals surface area (Å²) in [5.41, 5.74) is 0.855. The largest absolute Gasteiger partial charge is 0.490 e. The minimum Gasteiger partial charge on any atom is -0.490 e. The summed E-state index contributed by atoms with van der Waals surface area (Å²) in [5, 5.41) is 12.3. The van der Waals surface area contributed by atoms with Gasteiger partial charge < -0.3 is 9.47 Å². The highest BCUT2D eigenvalue weighted by molar-refractivity contribution is 7.15. The number of aryl methyl sites for hydroxylation is 1. The lowest BCUT2D eigenvalue weighted by molar-refractivity contribution is -0.111. The van der Waals surface area contributed by atoms with Gasteiger partial charge in [0.15, 0.2) is 11.5 Å². The molecule has 0 radical (unpaired) electrons. The van der Waals surface area contributed by atoms with Gasteiger partial charge in [-0.3, -0.25) is 10.1 Å². The lowest BCUT2D eigenvalue weighted by atomic mass is 10.2. The van der Waals surface area contributed by atoms with E-state index < -0.39 is 0 Å². The van der Waals surface area contributed by atoms with Gasteiger partial charge in [0, 0.05) is 12.5 Å². The van der Waals surface area contributed by atoms with Crippen LogP contribution in [0.3, 0.4) is 0 Å². The van der Waals surface area contributed by atoms with Crippen LogP contribution in [0.2, 0.25) is 0 Å². The summed E-state index contributed by atoms with van der Waals surface area (Å²) in [6.45, 7) is 7.09. The Hall–Kier alpha value is -2.41. The zero-order valence-corrected chi connectivity index (χ0v) is 16.3. The quantitative estimate of drug-likeness (QED) is 0.626. The van der Waals surface area contributed by atoms with Crippen molar-refractivity contribution in [1.82, 2.24) is 10.2 Å². The van der Waals surface area contributed by atoms with E-state index in [9.17, 15) is 4.79 Å². The molecule has 0 bridgehead atoms. The van der Waals surface area contributed by atoms with Crippen LogP contribution in [0, 0.1) is 0 Å². The lowest BCUT2D eigenvalue weighted by Gasteiger charge is -2.11. The monoisotopic (exact) mass is 375 g/mol. The number of benzene rings is 1. The highest BCUT2D eigenvalue weighted by atomic mass is 32.1. The first-order valence-corrected chi connectivity index (χ1v) is 9.69. The molecule has 0 aliphatic heterocycles. The average molecular weight is 375 g/mol. The molecule has 1 aromatic carbocycles. The Morgan fingerprint density at radius 3 is 2.65 bits per heavy atom. The summed E-state index contributed by atoms with van der Waals surface area (Å²) >= 11 is 1.41. The van der Waals surface area contributed by atoms with Crippen molar-refractivity contribution in [1.29, 1.82) is 0 Å². The van der Waals surface area contributed by atoms with Crippen molar-refractivity contribution in [3.63, 3.8) is 0 Å². The number of amides is 1. The number of hydrogen-bond acceptors (Lipinski definition) is 6. The summed E-state index contributed by atoms with van der Waals surface area (Å²) in [7, 11) is 0. The minimum absolute atomic E-state index is 0.241. The second-order valence-electron chi connectivity index (χ2n) is 5.50. The zero-order valence-electron chi connectivity index (χ0n) is 15.4. The van der Waals surface area contributed by atoms with Gasteiger partial charge in [-0.1, -0.05) is 30.7 Å². The van der Waals surface area contributed by atoms with Crippen LogP contribution in [0.5, 0.6) is 11.5 Å². The number of unbranched alkanes of at least 4 members (excludes halogenated alkanes) is 1. The molecule has 0 saturated heterocycles. The van der Waals surface area contributed by atoms with Gasteiger partial charge in [-0.2, -0.15) is 0 Å². The first kappa shape index (κ1) is 19.9. The molecule has 1 heterocycles. The van der Waals surface area contributed by atoms with Crippen LogP contribution in [0.1, 0.15) is 44.2 Å². The van der Waals surface area contributed by atoms with Crippen LogP contribution in [0.4, 0.5) is 5.13 Å². The molecule has 26 heavy (non-hydrogen) atoms. The minimum atomic E-state index is -0.241. The fourth-order valence-electron chi connectivity index (χ4n) is 2.22. The van der Waals surface area contributed by atoms with Gasteiger partial charge in [0.1, 0.15) is 5.01 Å². The van der Waals surface area contributed by atoms with Gasteiger partial charge >= 0.3 is 0 Å². The number of carbonyl (C=O) groups excluding carboxylic acids is 1. The molecule has 0 unspecified atom stereocenters. The molecule has 140 valence electrons. The third kappa shape index (κ3) is 6.15. The fourth-order valence-corrected chi connectivity index (χ4v) is 3.01. The maximum Gasteiger partial charge on any atom is 0.250 e. The summed E-state index contributed by atoms with van der Waals surface area (Å²) in [4.78, 5) is 12.1. The number of nitrogens with one attached hydrogen (secondary N) is 1. The van der Waals surface area contributed by atoms with E-state index in [1.807, 2.05) is 32.0 Å². The zero-order chi connectivity index (χ0) is 18.8. The Bertz CT molecular complexity index is 743. The topological polar surface area (TPSA) is 73.3 Å². The van der Waals surface area contributed by atoms with Crippen LogP contribution in [0.15, 0.2) is 24.3 Å². The smallest absolute Gasteiger partial charge is 0.250 e. The van der Waals surface area contributed by atoms with Crippen LogP contribution < -0.4 is 14.8 Å². The molecule has 1 N–H and O–H groups in total. The van der Waals surface area contributed by atoms with Crippen molar-refractivity contribution in [3.05, 3.63) is 34.8 Å². The summed E-state index contributed by atoms with van der Waals surface area (Å²) in [6.07, 6.45) is 6.27. The molecule has 0 atom stereocenters. The van der Waals surface area contributed by atoms with E-state index in [1.54, 1.807) is 6.08 Å². The summed E-state index contributed by atoms with van der Waals surface area (Å²) in [6, 6.07) is 5.58. The Kier molecular flexibility index (Phi) is 8.08. The Labute approximate surface area is 158 Å². The summed E-state index contributed by atoms with van der Waals surface area (Å²) < 4.78 is 11.1. The van der Waals surface area contributed by atoms with Gasteiger partial charge in [-0.05, 0) is 44.0 Å². The highest BCUT2D eigenvalue weighted by Crippen LogP contribution is 2.29. The maximum atomic E-state index is 12.1.